The normalized spacial score (nSPS) is 15.4. The summed E-state index contributed by atoms with van der Waals surface area (Å²) in [6.45, 7) is 2.01. The largest absolute Gasteiger partial charge is 0.326 e. The SMILES string of the molecule is Cc1nc(-c2ccc(NC(=O)CCCC3CCCCC3)cc2)cs1. The summed E-state index contributed by atoms with van der Waals surface area (Å²) >= 11 is 1.65. The summed E-state index contributed by atoms with van der Waals surface area (Å²) in [5.74, 6) is 0.982. The monoisotopic (exact) mass is 342 g/mol. The minimum Gasteiger partial charge on any atom is -0.326 e. The van der Waals surface area contributed by atoms with Crippen molar-refractivity contribution in [2.75, 3.05) is 5.32 Å². The number of benzene rings is 1. The summed E-state index contributed by atoms with van der Waals surface area (Å²) in [5.41, 5.74) is 2.96. The molecule has 0 atom stereocenters. The molecule has 1 aliphatic rings. The molecule has 0 bridgehead atoms. The van der Waals surface area contributed by atoms with Crippen molar-refractivity contribution in [2.45, 2.75) is 58.3 Å². The van der Waals surface area contributed by atoms with Crippen LogP contribution in [0.4, 0.5) is 5.69 Å². The van der Waals surface area contributed by atoms with E-state index in [2.05, 4.69) is 15.7 Å². The predicted octanol–water partition coefficient (Wildman–Crippen LogP) is 5.81. The van der Waals surface area contributed by atoms with E-state index in [0.29, 0.717) is 6.42 Å². The second kappa shape index (κ2) is 8.43. The standard InChI is InChI=1S/C20H26N2OS/c1-15-21-19(14-24-15)17-10-12-18(13-11-17)22-20(23)9-5-8-16-6-3-2-4-7-16/h10-14,16H,2-9H2,1H3,(H,22,23). The zero-order valence-electron chi connectivity index (χ0n) is 14.4. The Morgan fingerprint density at radius 3 is 2.62 bits per heavy atom. The van der Waals surface area contributed by atoms with Gasteiger partial charge in [-0.15, -0.1) is 11.3 Å². The topological polar surface area (TPSA) is 42.0 Å². The fourth-order valence-corrected chi connectivity index (χ4v) is 4.09. The van der Waals surface area contributed by atoms with Crippen LogP contribution in [0.5, 0.6) is 0 Å². The second-order valence-electron chi connectivity index (χ2n) is 6.77. The number of nitrogens with zero attached hydrogens (tertiary/aromatic N) is 1. The Morgan fingerprint density at radius 1 is 1.21 bits per heavy atom. The van der Waals surface area contributed by atoms with Gasteiger partial charge in [0, 0.05) is 23.1 Å². The fraction of sp³-hybridized carbons (Fsp3) is 0.500. The number of aromatic nitrogens is 1. The van der Waals surface area contributed by atoms with Gasteiger partial charge in [-0.25, -0.2) is 4.98 Å². The average Bonchev–Trinajstić information content (AvgIpc) is 3.03. The van der Waals surface area contributed by atoms with Crippen molar-refractivity contribution in [2.24, 2.45) is 5.92 Å². The summed E-state index contributed by atoms with van der Waals surface area (Å²) < 4.78 is 0. The van der Waals surface area contributed by atoms with E-state index in [0.717, 1.165) is 34.3 Å². The smallest absolute Gasteiger partial charge is 0.224 e. The Hall–Kier alpha value is -1.68. The first kappa shape index (κ1) is 17.2. The molecule has 1 N–H and O–H groups in total. The second-order valence-corrected chi connectivity index (χ2v) is 7.84. The van der Waals surface area contributed by atoms with Gasteiger partial charge in [0.2, 0.25) is 5.91 Å². The molecular formula is C20H26N2OS. The molecule has 1 aromatic carbocycles. The molecule has 0 spiro atoms. The Morgan fingerprint density at radius 2 is 1.96 bits per heavy atom. The number of hydrogen-bond acceptors (Lipinski definition) is 3. The average molecular weight is 343 g/mol. The molecule has 0 aliphatic heterocycles. The molecule has 3 nitrogen and oxygen atoms in total. The van der Waals surface area contributed by atoms with Crippen LogP contribution in [-0.2, 0) is 4.79 Å². The zero-order chi connectivity index (χ0) is 16.8. The first-order valence-electron chi connectivity index (χ1n) is 9.03. The van der Waals surface area contributed by atoms with Crippen LogP contribution >= 0.6 is 11.3 Å². The van der Waals surface area contributed by atoms with E-state index in [-0.39, 0.29) is 5.91 Å². The summed E-state index contributed by atoms with van der Waals surface area (Å²) in [6.07, 6.45) is 9.71. The molecule has 1 aromatic heterocycles. The van der Waals surface area contributed by atoms with Gasteiger partial charge in [-0.05, 0) is 37.8 Å². The summed E-state index contributed by atoms with van der Waals surface area (Å²) in [6, 6.07) is 7.96. The van der Waals surface area contributed by atoms with Gasteiger partial charge in [-0.3, -0.25) is 4.79 Å². The van der Waals surface area contributed by atoms with Crippen molar-refractivity contribution in [1.82, 2.24) is 4.98 Å². The molecule has 24 heavy (non-hydrogen) atoms. The van der Waals surface area contributed by atoms with Crippen molar-refractivity contribution in [3.63, 3.8) is 0 Å². The van der Waals surface area contributed by atoms with E-state index in [9.17, 15) is 4.79 Å². The number of nitrogens with one attached hydrogen (secondary N) is 1. The number of anilines is 1. The molecular weight excluding hydrogens is 316 g/mol. The quantitative estimate of drug-likeness (QED) is 0.720. The minimum absolute atomic E-state index is 0.128. The van der Waals surface area contributed by atoms with E-state index in [1.807, 2.05) is 31.2 Å². The molecule has 1 heterocycles. The van der Waals surface area contributed by atoms with Gasteiger partial charge < -0.3 is 5.32 Å². The number of aryl methyl sites for hydroxylation is 1. The lowest BCUT2D eigenvalue weighted by molar-refractivity contribution is -0.116. The van der Waals surface area contributed by atoms with Crippen molar-refractivity contribution >= 4 is 22.9 Å². The van der Waals surface area contributed by atoms with E-state index in [4.69, 9.17) is 0 Å². The van der Waals surface area contributed by atoms with Crippen LogP contribution in [0.2, 0.25) is 0 Å². The molecule has 0 unspecified atom stereocenters. The lowest BCUT2D eigenvalue weighted by atomic mass is 9.86. The highest BCUT2D eigenvalue weighted by molar-refractivity contribution is 7.09. The third-order valence-electron chi connectivity index (χ3n) is 4.82. The molecule has 1 fully saturated rings. The first-order chi connectivity index (χ1) is 11.7. The first-order valence-corrected chi connectivity index (χ1v) is 9.91. The van der Waals surface area contributed by atoms with Crippen LogP contribution in [0.25, 0.3) is 11.3 Å². The van der Waals surface area contributed by atoms with Gasteiger partial charge in [0.05, 0.1) is 10.7 Å². The number of hydrogen-bond donors (Lipinski definition) is 1. The maximum atomic E-state index is 12.1. The Labute approximate surface area is 148 Å². The van der Waals surface area contributed by atoms with E-state index in [1.165, 1.54) is 38.5 Å². The minimum atomic E-state index is 0.128. The van der Waals surface area contributed by atoms with Crippen molar-refractivity contribution in [3.05, 3.63) is 34.7 Å². The van der Waals surface area contributed by atoms with Gasteiger partial charge in [-0.2, -0.15) is 0 Å². The summed E-state index contributed by atoms with van der Waals surface area (Å²) in [4.78, 5) is 16.6. The van der Waals surface area contributed by atoms with Gasteiger partial charge in [0.1, 0.15) is 0 Å². The molecule has 4 heteroatoms. The fourth-order valence-electron chi connectivity index (χ4n) is 3.47. The summed E-state index contributed by atoms with van der Waals surface area (Å²) in [7, 11) is 0. The van der Waals surface area contributed by atoms with Crippen LogP contribution in [0, 0.1) is 12.8 Å². The third-order valence-corrected chi connectivity index (χ3v) is 5.60. The molecule has 2 aromatic rings. The maximum Gasteiger partial charge on any atom is 0.224 e. The molecule has 1 aliphatic carbocycles. The van der Waals surface area contributed by atoms with Gasteiger partial charge >= 0.3 is 0 Å². The lowest BCUT2D eigenvalue weighted by Gasteiger charge is -2.21. The predicted molar refractivity (Wildman–Crippen MR) is 101 cm³/mol. The van der Waals surface area contributed by atoms with Crippen LogP contribution < -0.4 is 5.32 Å². The van der Waals surface area contributed by atoms with Crippen LogP contribution in [0.3, 0.4) is 0 Å². The van der Waals surface area contributed by atoms with Gasteiger partial charge in [0.15, 0.2) is 0 Å². The number of amides is 1. The van der Waals surface area contributed by atoms with Crippen LogP contribution in [0.15, 0.2) is 29.6 Å². The highest BCUT2D eigenvalue weighted by Crippen LogP contribution is 2.28. The number of thiazole rings is 1. The molecule has 0 radical (unpaired) electrons. The van der Waals surface area contributed by atoms with Gasteiger partial charge in [-0.1, -0.05) is 44.2 Å². The molecule has 128 valence electrons. The maximum absolute atomic E-state index is 12.1. The number of carbonyl (C=O) groups is 1. The summed E-state index contributed by atoms with van der Waals surface area (Å²) in [5, 5.41) is 6.14. The van der Waals surface area contributed by atoms with Crippen molar-refractivity contribution < 1.29 is 4.79 Å². The van der Waals surface area contributed by atoms with E-state index >= 15 is 0 Å². The Bertz CT molecular complexity index is 657. The molecule has 0 saturated heterocycles. The van der Waals surface area contributed by atoms with Crippen LogP contribution in [-0.4, -0.2) is 10.9 Å². The van der Waals surface area contributed by atoms with Crippen molar-refractivity contribution in [1.29, 1.82) is 0 Å². The Balaban J connectivity index is 1.44. The Kier molecular flexibility index (Phi) is 6.02. The van der Waals surface area contributed by atoms with E-state index < -0.39 is 0 Å². The zero-order valence-corrected chi connectivity index (χ0v) is 15.2. The van der Waals surface area contributed by atoms with Gasteiger partial charge in [0.25, 0.3) is 0 Å². The lowest BCUT2D eigenvalue weighted by Crippen LogP contribution is -2.12. The molecule has 1 amide bonds. The highest BCUT2D eigenvalue weighted by atomic mass is 32.1. The third kappa shape index (κ3) is 4.91. The highest BCUT2D eigenvalue weighted by Gasteiger charge is 2.13. The number of carbonyl (C=O) groups excluding carboxylic acids is 1. The molecule has 3 rings (SSSR count). The van der Waals surface area contributed by atoms with Crippen LogP contribution in [0.1, 0.15) is 56.4 Å². The number of rotatable bonds is 6. The van der Waals surface area contributed by atoms with E-state index in [1.54, 1.807) is 11.3 Å². The molecule has 1 saturated carbocycles. The van der Waals surface area contributed by atoms with Crippen molar-refractivity contribution in [3.8, 4) is 11.3 Å².